The van der Waals surface area contributed by atoms with Gasteiger partial charge >= 0.3 is 48.9 Å². The molecule has 0 aromatic rings. The minimum atomic E-state index is -0.533. The summed E-state index contributed by atoms with van der Waals surface area (Å²) < 4.78 is 9.98. The van der Waals surface area contributed by atoms with Crippen molar-refractivity contribution in [3.8, 4) is 0 Å². The molecule has 0 aromatic heterocycles. The predicted molar refractivity (Wildman–Crippen MR) is 49.5 cm³/mol. The molecule has 0 unspecified atom stereocenters. The van der Waals surface area contributed by atoms with E-state index in [4.69, 9.17) is 24.8 Å². The number of aliphatic hydroxyl groups excluding tert-OH is 3. The van der Waals surface area contributed by atoms with Crippen LogP contribution in [0.5, 0.6) is 0 Å². The van der Waals surface area contributed by atoms with Gasteiger partial charge in [-0.2, -0.15) is 0 Å². The van der Waals surface area contributed by atoms with Crippen molar-refractivity contribution in [2.45, 2.75) is 12.7 Å². The van der Waals surface area contributed by atoms with Crippen LogP contribution in [0.4, 0.5) is 0 Å². The van der Waals surface area contributed by atoms with Gasteiger partial charge in [0.25, 0.3) is 0 Å². The molecule has 0 aliphatic rings. The molecule has 0 aliphatic carbocycles. The maximum atomic E-state index is 8.55. The van der Waals surface area contributed by atoms with Crippen molar-refractivity contribution in [3.63, 3.8) is 0 Å². The van der Waals surface area contributed by atoms with Crippen molar-refractivity contribution in [2.75, 3.05) is 33.0 Å². The van der Waals surface area contributed by atoms with Gasteiger partial charge in [-0.3, -0.25) is 0 Å². The number of hydrogen-bond donors (Lipinski definition) is 3. The Morgan fingerprint density at radius 2 is 1.38 bits per heavy atom. The molecule has 78 valence electrons. The Balaban J connectivity index is -0.000000202. The van der Waals surface area contributed by atoms with E-state index in [1.54, 1.807) is 0 Å². The van der Waals surface area contributed by atoms with Crippen LogP contribution in [0, 0.1) is 0 Å². The SMILES string of the molecule is OCCOC(CCO)OCCO.[Ba+2].[H-].[H-]. The molecule has 3 N–H and O–H groups in total. The predicted octanol–water partition coefficient (Wildman–Crippen LogP) is -1.44. The summed E-state index contributed by atoms with van der Waals surface area (Å²) >= 11 is 0. The Hall–Kier alpha value is 1.37. The standard InChI is InChI=1S/C7H16O5.Ba.2H/c8-2-1-7(11-5-3-9)12-6-4-10;;;/h7-10H,1-6H2;;;/q;+2;2*-1. The Morgan fingerprint density at radius 1 is 0.923 bits per heavy atom. The minimum Gasteiger partial charge on any atom is -1.00 e. The van der Waals surface area contributed by atoms with Gasteiger partial charge in [-0.25, -0.2) is 0 Å². The van der Waals surface area contributed by atoms with Gasteiger partial charge in [-0.1, -0.05) is 0 Å². The topological polar surface area (TPSA) is 79.2 Å². The monoisotopic (exact) mass is 320 g/mol. The van der Waals surface area contributed by atoms with E-state index in [0.717, 1.165) is 0 Å². The molecule has 0 saturated carbocycles. The third kappa shape index (κ3) is 11.3. The second kappa shape index (κ2) is 13.4. The molecule has 0 aliphatic heterocycles. The average molecular weight is 320 g/mol. The molecule has 13 heavy (non-hydrogen) atoms. The van der Waals surface area contributed by atoms with Crippen LogP contribution in [-0.4, -0.2) is 104 Å². The quantitative estimate of drug-likeness (QED) is 0.377. The summed E-state index contributed by atoms with van der Waals surface area (Å²) in [7, 11) is 0. The molecular formula is C7H18BaO5. The van der Waals surface area contributed by atoms with Crippen LogP contribution in [0.15, 0.2) is 0 Å². The van der Waals surface area contributed by atoms with Gasteiger partial charge in [0.15, 0.2) is 6.29 Å². The van der Waals surface area contributed by atoms with Crippen LogP contribution in [0.2, 0.25) is 0 Å². The minimum absolute atomic E-state index is 0. The zero-order chi connectivity index (χ0) is 9.23. The maximum absolute atomic E-state index is 8.55. The molecule has 6 heteroatoms. The molecule has 0 rings (SSSR count). The average Bonchev–Trinajstić information content (AvgIpc) is 2.10. The molecule has 0 heterocycles. The first-order valence-electron chi connectivity index (χ1n) is 3.91. The van der Waals surface area contributed by atoms with E-state index in [1.165, 1.54) is 0 Å². The molecular weight excluding hydrogens is 301 g/mol. The summed E-state index contributed by atoms with van der Waals surface area (Å²) in [6, 6.07) is 0. The van der Waals surface area contributed by atoms with Crippen molar-refractivity contribution < 1.29 is 27.6 Å². The van der Waals surface area contributed by atoms with Gasteiger partial charge in [0.2, 0.25) is 0 Å². The zero-order valence-electron chi connectivity index (χ0n) is 9.69. The van der Waals surface area contributed by atoms with Crippen molar-refractivity contribution in [2.24, 2.45) is 0 Å². The molecule has 0 spiro atoms. The molecule has 0 aromatic carbocycles. The Bertz CT molecular complexity index is 93.4. The molecule has 0 radical (unpaired) electrons. The second-order valence-corrected chi connectivity index (χ2v) is 2.13. The largest absolute Gasteiger partial charge is 2.00 e. The van der Waals surface area contributed by atoms with Crippen molar-refractivity contribution in [1.29, 1.82) is 0 Å². The van der Waals surface area contributed by atoms with Gasteiger partial charge < -0.3 is 27.6 Å². The van der Waals surface area contributed by atoms with Crippen LogP contribution >= 0.6 is 0 Å². The van der Waals surface area contributed by atoms with Gasteiger partial charge in [-0.15, -0.1) is 0 Å². The summed E-state index contributed by atoms with van der Waals surface area (Å²) in [5.74, 6) is 0. The second-order valence-electron chi connectivity index (χ2n) is 2.13. The zero-order valence-corrected chi connectivity index (χ0v) is 12.1. The Morgan fingerprint density at radius 3 is 1.69 bits per heavy atom. The van der Waals surface area contributed by atoms with Gasteiger partial charge in [0.05, 0.1) is 26.4 Å². The summed E-state index contributed by atoms with van der Waals surface area (Å²) in [6.45, 7) is 0.155. The molecule has 0 atom stereocenters. The Labute approximate surface area is 121 Å². The van der Waals surface area contributed by atoms with E-state index >= 15 is 0 Å². The van der Waals surface area contributed by atoms with E-state index < -0.39 is 6.29 Å². The van der Waals surface area contributed by atoms with Crippen LogP contribution in [-0.2, 0) is 9.47 Å². The van der Waals surface area contributed by atoms with Crippen LogP contribution in [0.1, 0.15) is 9.27 Å². The van der Waals surface area contributed by atoms with Gasteiger partial charge in [0.1, 0.15) is 0 Å². The van der Waals surface area contributed by atoms with Crippen LogP contribution < -0.4 is 0 Å². The molecule has 0 amide bonds. The fourth-order valence-corrected chi connectivity index (χ4v) is 0.688. The van der Waals surface area contributed by atoms with Gasteiger partial charge in [0, 0.05) is 13.0 Å². The molecule has 0 saturated heterocycles. The first-order chi connectivity index (χ1) is 5.85. The van der Waals surface area contributed by atoms with E-state index in [1.807, 2.05) is 0 Å². The first kappa shape index (κ1) is 16.8. The maximum Gasteiger partial charge on any atom is 2.00 e. The number of aliphatic hydroxyl groups is 3. The summed E-state index contributed by atoms with van der Waals surface area (Å²) in [5.41, 5.74) is 0. The fraction of sp³-hybridized carbons (Fsp3) is 1.00. The van der Waals surface area contributed by atoms with Crippen LogP contribution in [0.3, 0.4) is 0 Å². The van der Waals surface area contributed by atoms with Gasteiger partial charge in [-0.05, 0) is 0 Å². The third-order valence-electron chi connectivity index (χ3n) is 1.15. The van der Waals surface area contributed by atoms with E-state index in [9.17, 15) is 0 Å². The summed E-state index contributed by atoms with van der Waals surface area (Å²) in [6.07, 6.45) is -0.186. The van der Waals surface area contributed by atoms with Crippen LogP contribution in [0.25, 0.3) is 0 Å². The normalized spacial score (nSPS) is 10.2. The number of rotatable bonds is 8. The van der Waals surface area contributed by atoms with E-state index in [-0.39, 0.29) is 84.8 Å². The van der Waals surface area contributed by atoms with E-state index in [0.29, 0.717) is 6.42 Å². The summed E-state index contributed by atoms with van der Waals surface area (Å²) in [5, 5.41) is 25.4. The summed E-state index contributed by atoms with van der Waals surface area (Å²) in [4.78, 5) is 0. The van der Waals surface area contributed by atoms with Crippen molar-refractivity contribution in [1.82, 2.24) is 0 Å². The molecule has 0 fully saturated rings. The fourth-order valence-electron chi connectivity index (χ4n) is 0.688. The number of ether oxygens (including phenoxy) is 2. The molecule has 0 bridgehead atoms. The molecule has 5 nitrogen and oxygen atoms in total. The third-order valence-corrected chi connectivity index (χ3v) is 1.15. The first-order valence-corrected chi connectivity index (χ1v) is 3.91. The smallest absolute Gasteiger partial charge is 1.00 e. The van der Waals surface area contributed by atoms with E-state index in [2.05, 4.69) is 0 Å². The van der Waals surface area contributed by atoms with Crippen molar-refractivity contribution >= 4 is 48.9 Å². The number of hydrogen-bond acceptors (Lipinski definition) is 5. The van der Waals surface area contributed by atoms with Crippen molar-refractivity contribution in [3.05, 3.63) is 0 Å². The Kier molecular flexibility index (Phi) is 17.3.